The number of amides is 8. The van der Waals surface area contributed by atoms with Crippen molar-refractivity contribution in [2.75, 3.05) is 11.5 Å². The number of carbonyl (C=O) groups excluding carboxylic acids is 12. The molecule has 4 aliphatic rings. The maximum Gasteiger partial charge on any atom is 1.00 e. The van der Waals surface area contributed by atoms with E-state index in [1.165, 1.54) is 70.1 Å². The first-order chi connectivity index (χ1) is 54.9. The molecule has 8 amide bonds. The molecule has 4 heterocycles. The van der Waals surface area contributed by atoms with Gasteiger partial charge in [0.15, 0.2) is 16.3 Å². The molecular formula is C65H64N17Na2O30S4-. The number of azide groups is 1. The molecule has 0 spiro atoms. The summed E-state index contributed by atoms with van der Waals surface area (Å²) in [6.07, 6.45) is 4.35. The summed E-state index contributed by atoms with van der Waals surface area (Å²) in [7, 11) is -7.06. The quantitative estimate of drug-likeness (QED) is 0.00526. The molecule has 2 atom stereocenters. The average molecular weight is 1740 g/mol. The first kappa shape index (κ1) is 101. The number of imide groups is 4. The number of hydroxylamine groups is 8. The topological polar surface area (TPSA) is 689 Å². The summed E-state index contributed by atoms with van der Waals surface area (Å²) in [5, 5.41) is 70.5. The summed E-state index contributed by atoms with van der Waals surface area (Å²) >= 11 is 0. The Morgan fingerprint density at radius 2 is 0.847 bits per heavy atom. The van der Waals surface area contributed by atoms with Gasteiger partial charge in [0.05, 0.1) is 50.1 Å². The Kier molecular flexibility index (Phi) is 42.9. The standard InChI is InChI=1S/C18H19N4O9S.C18H19N4O6.C17H17N5O10S3.C12H9N4O5.2Na/c19-11-20-13-8-7-12(14(9-13)22(26)27)5-3-1-2-4-6-17(24)31-21-16(23)10-15(18(21)25)32(28,29)30;19-12-20-14-8-7-13(15(11-14)22(26)27)5-3-1-2-4-6-18(25)28-21-16(23)9-10-17(21)24;18-20-19-10-3-4-12(22(27)28)11(8-10)13(23)2-1-6-33-34-7-5-16(25)32-21-15(24)9-14(17(21)26)35(29,30)31;13-7-14-9-1-2-10(16(19)20)8(5-9)6-21-15-11(17)3-4-12(15)18;;/h7-9,15H,1-6,10H2,(H,28,29,30);7-8,11H,1-6,9-10H2;3-4,8,14H,1-2,5-7,9H2,(H,29,30,31);1-2,5H,3-4,6H2;;/q2*-1;;-1;2*+1. The van der Waals surface area contributed by atoms with E-state index in [0.717, 1.165) is 18.6 Å². The predicted octanol–water partition coefficient (Wildman–Crippen LogP) is 3.31. The SMILES string of the molecule is [N-]=C=Nc1ccc(CCCCCCC(=O)ON2C(=O)CC(S(=O)(=O)O)C2=O)c([N+](=O)[O-])c1.[N-]=C=Nc1ccc(CCCCCCC(=O)ON2C(=O)CCC2=O)c([N+](=O)[O-])c1.[N-]=C=Nc1ccc([N+](=O)[O-])c(CON2C(=O)CCC2=O)c1.[N-]=[N+]=Nc1ccc([N+](=O)[O-])c(C(=O)CCCSSCCC(=O)ON2C(=O)CC(S(=O)(=O)O)C2=O)c1.[Na+].[Na+]. The van der Waals surface area contributed by atoms with Crippen molar-refractivity contribution < 1.29 is 182 Å². The minimum absolute atomic E-state index is 0. The Labute approximate surface area is 718 Å². The Morgan fingerprint density at radius 1 is 0.466 bits per heavy atom. The molecule has 4 aliphatic heterocycles. The number of hydrogen-bond donors (Lipinski definition) is 2. The number of rotatable bonds is 39. The van der Waals surface area contributed by atoms with E-state index in [9.17, 15) is 115 Å². The van der Waals surface area contributed by atoms with E-state index in [4.69, 9.17) is 40.5 Å². The summed E-state index contributed by atoms with van der Waals surface area (Å²) in [5.41, 5.74) is 9.38. The first-order valence-corrected chi connectivity index (χ1v) is 39.3. The van der Waals surface area contributed by atoms with Gasteiger partial charge in [-0.3, -0.25) is 97.6 Å². The second-order valence-corrected chi connectivity index (χ2v) is 29.9. The van der Waals surface area contributed by atoms with Crippen LogP contribution in [0.5, 0.6) is 0 Å². The van der Waals surface area contributed by atoms with Crippen LogP contribution in [0.25, 0.3) is 26.7 Å². The molecule has 0 bridgehead atoms. The molecule has 4 fully saturated rings. The zero-order valence-corrected chi connectivity index (χ0v) is 69.4. The maximum atomic E-state index is 12.4. The molecule has 53 heteroatoms. The van der Waals surface area contributed by atoms with Crippen LogP contribution in [0.2, 0.25) is 0 Å². The molecule has 0 aliphatic carbocycles. The number of benzene rings is 4. The van der Waals surface area contributed by atoms with Gasteiger partial charge < -0.3 is 45.7 Å². The third-order valence-electron chi connectivity index (χ3n) is 16.0. The van der Waals surface area contributed by atoms with Crippen molar-refractivity contribution in [3.05, 3.63) is 162 Å². The van der Waals surface area contributed by atoms with Crippen molar-refractivity contribution in [3.8, 4) is 0 Å². The van der Waals surface area contributed by atoms with Crippen LogP contribution < -0.4 is 59.1 Å². The van der Waals surface area contributed by atoms with Crippen molar-refractivity contribution in [2.45, 2.75) is 152 Å². The molecule has 118 heavy (non-hydrogen) atoms. The molecule has 4 saturated heterocycles. The fourth-order valence-electron chi connectivity index (χ4n) is 10.4. The first-order valence-electron chi connectivity index (χ1n) is 33.8. The van der Waals surface area contributed by atoms with Gasteiger partial charge in [0.1, 0.15) is 6.61 Å². The molecule has 47 nitrogen and oxygen atoms in total. The van der Waals surface area contributed by atoms with E-state index >= 15 is 0 Å². The van der Waals surface area contributed by atoms with Crippen molar-refractivity contribution in [2.24, 2.45) is 20.1 Å². The smallest absolute Gasteiger partial charge is 0.422 e. The number of aliphatic imine (C=N–C) groups is 3. The summed E-state index contributed by atoms with van der Waals surface area (Å²) in [6.45, 7) is -0.345. The molecule has 0 saturated carbocycles. The number of ketones is 1. The zero-order chi connectivity index (χ0) is 86.0. The number of nitro benzene ring substituents is 4. The van der Waals surface area contributed by atoms with Crippen LogP contribution in [0.15, 0.2) is 92.9 Å². The Morgan fingerprint density at radius 3 is 1.26 bits per heavy atom. The number of nitrogens with zero attached hydrogens (tertiary/aromatic N) is 17. The molecule has 0 aromatic heterocycles. The third-order valence-corrected chi connectivity index (χ3v) is 20.7. The minimum atomic E-state index is -4.81. The maximum absolute atomic E-state index is 12.4. The van der Waals surface area contributed by atoms with Gasteiger partial charge in [-0.2, -0.15) is 39.9 Å². The number of hydrogen-bond acceptors (Lipinski definition) is 34. The number of nitro groups is 4. The Balaban J connectivity index is 0.000000410. The summed E-state index contributed by atoms with van der Waals surface area (Å²) in [6, 6.07) is 20.7. The van der Waals surface area contributed by atoms with Crippen LogP contribution in [0.3, 0.4) is 0 Å². The van der Waals surface area contributed by atoms with Gasteiger partial charge in [-0.15, -0.1) is 15.2 Å². The summed E-state index contributed by atoms with van der Waals surface area (Å²) in [4.78, 5) is 214. The summed E-state index contributed by atoms with van der Waals surface area (Å²) in [5.74, 6) is -9.09. The van der Waals surface area contributed by atoms with Crippen LogP contribution in [0.4, 0.5) is 45.5 Å². The largest absolute Gasteiger partial charge is 1.00 e. The van der Waals surface area contributed by atoms with Gasteiger partial charge in [0, 0.05) is 102 Å². The van der Waals surface area contributed by atoms with Gasteiger partial charge >= 0.3 is 77.0 Å². The average Bonchev–Trinajstić information content (AvgIpc) is 1.61. The van der Waals surface area contributed by atoms with Crippen molar-refractivity contribution in [3.63, 3.8) is 0 Å². The van der Waals surface area contributed by atoms with Crippen LogP contribution in [-0.2, 0) is 112 Å². The molecule has 2 N–H and O–H groups in total. The number of carbonyl (C=O) groups is 12. The second kappa shape index (κ2) is 50.0. The zero-order valence-electron chi connectivity index (χ0n) is 62.1. The normalized spacial score (nSPS) is 14.7. The van der Waals surface area contributed by atoms with Crippen LogP contribution in [0, 0.1) is 40.5 Å². The monoisotopic (exact) mass is 1740 g/mol. The van der Waals surface area contributed by atoms with E-state index in [1.54, 1.807) is 30.2 Å². The van der Waals surface area contributed by atoms with E-state index in [2.05, 4.69) is 34.7 Å². The van der Waals surface area contributed by atoms with Gasteiger partial charge in [-0.25, -0.2) is 14.4 Å². The van der Waals surface area contributed by atoms with Crippen LogP contribution in [-0.4, -0.2) is 177 Å². The predicted molar refractivity (Wildman–Crippen MR) is 398 cm³/mol. The number of Topliss-reactive ketones (excluding diaryl/α,β-unsaturated/α-hetero) is 1. The van der Waals surface area contributed by atoms with Gasteiger partial charge in [0.25, 0.3) is 90.2 Å². The van der Waals surface area contributed by atoms with Crippen molar-refractivity contribution in [1.29, 1.82) is 0 Å². The van der Waals surface area contributed by atoms with Crippen molar-refractivity contribution in [1.82, 2.24) is 20.3 Å². The molecule has 4 aromatic carbocycles. The van der Waals surface area contributed by atoms with Crippen molar-refractivity contribution >= 4 is 176 Å². The van der Waals surface area contributed by atoms with Crippen LogP contribution in [0.1, 0.15) is 149 Å². The van der Waals surface area contributed by atoms with E-state index in [-0.39, 0.29) is 184 Å². The molecule has 0 radical (unpaired) electrons. The van der Waals surface area contributed by atoms with Gasteiger partial charge in [-0.1, -0.05) is 82.7 Å². The molecular weight excluding hydrogens is 1670 g/mol. The second-order valence-electron chi connectivity index (χ2n) is 24.0. The Hall–Kier alpha value is -10.9. The number of aryl methyl sites for hydroxylation is 2. The van der Waals surface area contributed by atoms with E-state index in [0.29, 0.717) is 91.2 Å². The fraction of sp³-hybridized carbons (Fsp3) is 0.400. The molecule has 616 valence electrons. The van der Waals surface area contributed by atoms with Gasteiger partial charge in [0.2, 0.25) is 0 Å². The number of unbranched alkanes of at least 4 members (excludes halogenated alkanes) is 6. The van der Waals surface area contributed by atoms with Gasteiger partial charge in [-0.05, 0) is 85.7 Å². The van der Waals surface area contributed by atoms with E-state index < -0.39 is 140 Å². The fourth-order valence-corrected chi connectivity index (χ4v) is 13.9. The summed E-state index contributed by atoms with van der Waals surface area (Å²) < 4.78 is 62.1. The third kappa shape index (κ3) is 32.2. The Bertz CT molecular complexity index is 4970. The molecule has 2 unspecified atom stereocenters. The minimum Gasteiger partial charge on any atom is -0.422 e. The van der Waals surface area contributed by atoms with Crippen LogP contribution >= 0.6 is 21.6 Å². The van der Waals surface area contributed by atoms with E-state index in [1.807, 2.05) is 0 Å². The molecule has 4 aromatic rings. The molecule has 8 rings (SSSR count).